The minimum Gasteiger partial charge on any atom is -0.382 e. The van der Waals surface area contributed by atoms with Crippen LogP contribution >= 0.6 is 7.82 Å². The second-order valence-corrected chi connectivity index (χ2v) is 6.07. The molecule has 0 saturated carbocycles. The van der Waals surface area contributed by atoms with E-state index < -0.39 is 7.82 Å². The van der Waals surface area contributed by atoms with Gasteiger partial charge < -0.3 is 24.4 Å². The van der Waals surface area contributed by atoms with Gasteiger partial charge in [0.25, 0.3) is 0 Å². The fourth-order valence-electron chi connectivity index (χ4n) is 1.45. The van der Waals surface area contributed by atoms with Crippen molar-refractivity contribution < 1.29 is 37.5 Å². The molecule has 0 saturated heterocycles. The largest absolute Gasteiger partial charge is 0.471 e. The van der Waals surface area contributed by atoms with Crippen molar-refractivity contribution in [3.05, 3.63) is 0 Å². The van der Waals surface area contributed by atoms with Gasteiger partial charge in [-0.1, -0.05) is 0 Å². The first-order valence-electron chi connectivity index (χ1n) is 7.46. The Kier molecular flexibility index (Phi) is 14.7. The van der Waals surface area contributed by atoms with E-state index in [1.54, 1.807) is 7.11 Å². The minimum atomic E-state index is -3.96. The molecule has 0 radical (unpaired) electrons. The predicted molar refractivity (Wildman–Crippen MR) is 83.2 cm³/mol. The summed E-state index contributed by atoms with van der Waals surface area (Å²) in [7, 11) is -1.27. The van der Waals surface area contributed by atoms with Crippen molar-refractivity contribution in [1.82, 2.24) is 5.32 Å². The van der Waals surface area contributed by atoms with Crippen LogP contribution in [0.15, 0.2) is 0 Å². The molecule has 2 N–H and O–H groups in total. The van der Waals surface area contributed by atoms with Crippen LogP contribution in [0.3, 0.4) is 0 Å². The highest BCUT2D eigenvalue weighted by atomic mass is 31.2. The smallest absolute Gasteiger partial charge is 0.382 e. The molecule has 0 aromatic carbocycles. The van der Waals surface area contributed by atoms with Crippen molar-refractivity contribution in [3.8, 4) is 0 Å². The molecule has 0 aliphatic heterocycles. The Hall–Kier alpha value is -0.540. The predicted octanol–water partition coefficient (Wildman–Crippen LogP) is 0.716. The molecule has 10 heteroatoms. The fraction of sp³-hybridized carbons (Fsp3) is 0.923. The molecule has 0 aromatic heterocycles. The number of hydrogen-bond donors (Lipinski definition) is 2. The standard InChI is InChI=1S/C13H28NO8P/c1-18-9-10-21-12-11-20-7-4-3-5-13(15)14-6-8-22-23(16,17)19-2/h3-12H2,1-2H3,(H,14,15)(H,16,17). The average Bonchev–Trinajstić information content (AvgIpc) is 2.53. The lowest BCUT2D eigenvalue weighted by Crippen LogP contribution is -2.26. The van der Waals surface area contributed by atoms with Crippen LogP contribution in [0, 0.1) is 0 Å². The summed E-state index contributed by atoms with van der Waals surface area (Å²) in [4.78, 5) is 20.4. The van der Waals surface area contributed by atoms with Crippen LogP contribution in [0.2, 0.25) is 0 Å². The normalized spacial score (nSPS) is 13.7. The zero-order valence-electron chi connectivity index (χ0n) is 13.8. The van der Waals surface area contributed by atoms with Gasteiger partial charge in [-0.2, -0.15) is 0 Å². The molecule has 9 nitrogen and oxygen atoms in total. The summed E-state index contributed by atoms with van der Waals surface area (Å²) in [6.45, 7) is 2.82. The maximum atomic E-state index is 11.5. The number of nitrogens with one attached hydrogen (secondary N) is 1. The quantitative estimate of drug-likeness (QED) is 0.307. The molecule has 23 heavy (non-hydrogen) atoms. The van der Waals surface area contributed by atoms with Gasteiger partial charge in [-0.3, -0.25) is 13.8 Å². The van der Waals surface area contributed by atoms with Gasteiger partial charge in [0, 0.05) is 33.8 Å². The van der Waals surface area contributed by atoms with Crippen LogP contribution in [0.5, 0.6) is 0 Å². The Morgan fingerprint density at radius 1 is 1.00 bits per heavy atom. The van der Waals surface area contributed by atoms with Crippen molar-refractivity contribution >= 4 is 13.7 Å². The van der Waals surface area contributed by atoms with Gasteiger partial charge >= 0.3 is 7.82 Å². The number of unbranched alkanes of at least 4 members (excludes halogenated alkanes) is 1. The zero-order chi connectivity index (χ0) is 17.4. The molecular weight excluding hydrogens is 329 g/mol. The third-order valence-electron chi connectivity index (χ3n) is 2.66. The van der Waals surface area contributed by atoms with Gasteiger partial charge in [0.2, 0.25) is 5.91 Å². The number of rotatable bonds is 16. The van der Waals surface area contributed by atoms with Crippen molar-refractivity contribution in [1.29, 1.82) is 0 Å². The summed E-state index contributed by atoms with van der Waals surface area (Å²) in [6, 6.07) is 0. The summed E-state index contributed by atoms with van der Waals surface area (Å²) in [5.74, 6) is -0.137. The van der Waals surface area contributed by atoms with Gasteiger partial charge in [-0.05, 0) is 12.8 Å². The van der Waals surface area contributed by atoms with Gasteiger partial charge in [-0.25, -0.2) is 4.57 Å². The number of amides is 1. The number of phosphoric ester groups is 1. The van der Waals surface area contributed by atoms with Crippen LogP contribution < -0.4 is 5.32 Å². The Labute approximate surface area is 137 Å². The third kappa shape index (κ3) is 16.1. The second-order valence-electron chi connectivity index (χ2n) is 4.51. The maximum absolute atomic E-state index is 11.5. The monoisotopic (exact) mass is 357 g/mol. The van der Waals surface area contributed by atoms with Crippen molar-refractivity contribution in [2.75, 3.05) is 60.4 Å². The number of carbonyl (C=O) groups excluding carboxylic acids is 1. The average molecular weight is 357 g/mol. The van der Waals surface area contributed by atoms with E-state index in [-0.39, 0.29) is 19.1 Å². The highest BCUT2D eigenvalue weighted by Crippen LogP contribution is 2.41. The highest BCUT2D eigenvalue weighted by Gasteiger charge is 2.17. The molecule has 138 valence electrons. The Bertz CT molecular complexity index is 342. The van der Waals surface area contributed by atoms with Gasteiger partial charge in [0.1, 0.15) is 0 Å². The summed E-state index contributed by atoms with van der Waals surface area (Å²) in [6.07, 6.45) is 1.85. The molecule has 0 bridgehead atoms. The topological polar surface area (TPSA) is 113 Å². The SMILES string of the molecule is COCCOCCOCCCCC(=O)NCCOP(=O)(O)OC. The molecule has 0 heterocycles. The number of carbonyl (C=O) groups is 1. The lowest BCUT2D eigenvalue weighted by Gasteiger charge is -2.09. The van der Waals surface area contributed by atoms with Gasteiger partial charge in [-0.15, -0.1) is 0 Å². The minimum absolute atomic E-state index is 0.0838. The molecule has 0 spiro atoms. The lowest BCUT2D eigenvalue weighted by atomic mass is 10.2. The highest BCUT2D eigenvalue weighted by molar-refractivity contribution is 7.47. The van der Waals surface area contributed by atoms with E-state index in [0.717, 1.165) is 13.5 Å². The molecule has 1 atom stereocenters. The van der Waals surface area contributed by atoms with E-state index in [4.69, 9.17) is 19.1 Å². The second kappa shape index (κ2) is 15.0. The number of hydrogen-bond acceptors (Lipinski definition) is 7. The summed E-state index contributed by atoms with van der Waals surface area (Å²) in [5.41, 5.74) is 0. The summed E-state index contributed by atoms with van der Waals surface area (Å²) < 4.78 is 35.2. The number of ether oxygens (including phenoxy) is 3. The Morgan fingerprint density at radius 3 is 2.30 bits per heavy atom. The Balaban J connectivity index is 3.29. The van der Waals surface area contributed by atoms with E-state index >= 15 is 0 Å². The first-order valence-corrected chi connectivity index (χ1v) is 8.95. The van der Waals surface area contributed by atoms with E-state index in [2.05, 4.69) is 14.4 Å². The molecule has 0 aliphatic rings. The molecule has 1 amide bonds. The lowest BCUT2D eigenvalue weighted by molar-refractivity contribution is -0.121. The van der Waals surface area contributed by atoms with Gasteiger partial charge in [0.15, 0.2) is 0 Å². The molecule has 0 fully saturated rings. The maximum Gasteiger partial charge on any atom is 0.471 e. The van der Waals surface area contributed by atoms with Crippen molar-refractivity contribution in [2.24, 2.45) is 0 Å². The molecular formula is C13H28NO8P. The molecule has 1 unspecified atom stereocenters. The molecule has 0 aromatic rings. The number of methoxy groups -OCH3 is 1. The van der Waals surface area contributed by atoms with Crippen LogP contribution in [-0.2, 0) is 32.6 Å². The first kappa shape index (κ1) is 22.5. The van der Waals surface area contributed by atoms with Gasteiger partial charge in [0.05, 0.1) is 33.0 Å². The fourth-order valence-corrected chi connectivity index (χ4v) is 1.87. The number of phosphoric acid groups is 1. The first-order chi connectivity index (χ1) is 11.0. The van der Waals surface area contributed by atoms with Crippen LogP contribution in [0.4, 0.5) is 0 Å². The Morgan fingerprint density at radius 2 is 1.65 bits per heavy atom. The van der Waals surface area contributed by atoms with E-state index in [1.165, 1.54) is 0 Å². The van der Waals surface area contributed by atoms with E-state index in [0.29, 0.717) is 45.9 Å². The summed E-state index contributed by atoms with van der Waals surface area (Å²) in [5, 5.41) is 2.59. The summed E-state index contributed by atoms with van der Waals surface area (Å²) >= 11 is 0. The van der Waals surface area contributed by atoms with Crippen molar-refractivity contribution in [2.45, 2.75) is 19.3 Å². The van der Waals surface area contributed by atoms with E-state index in [1.807, 2.05) is 0 Å². The van der Waals surface area contributed by atoms with Crippen molar-refractivity contribution in [3.63, 3.8) is 0 Å². The van der Waals surface area contributed by atoms with E-state index in [9.17, 15) is 9.36 Å². The third-order valence-corrected chi connectivity index (χ3v) is 3.63. The zero-order valence-corrected chi connectivity index (χ0v) is 14.7. The van der Waals surface area contributed by atoms with Crippen LogP contribution in [0.1, 0.15) is 19.3 Å². The van der Waals surface area contributed by atoms with Crippen LogP contribution in [-0.4, -0.2) is 71.2 Å². The molecule has 0 rings (SSSR count). The van der Waals surface area contributed by atoms with Crippen LogP contribution in [0.25, 0.3) is 0 Å². The molecule has 0 aliphatic carbocycles.